The maximum atomic E-state index is 15.1. The van der Waals surface area contributed by atoms with E-state index in [1.165, 1.54) is 34.6 Å². The predicted molar refractivity (Wildman–Crippen MR) is 204 cm³/mol. The Morgan fingerprint density at radius 1 is 0.949 bits per heavy atom. The second kappa shape index (κ2) is 14.6. The van der Waals surface area contributed by atoms with E-state index in [1.807, 2.05) is 0 Å². The van der Waals surface area contributed by atoms with Crippen molar-refractivity contribution in [1.29, 1.82) is 0 Å². The molecule has 3 saturated carbocycles. The molecule has 2 bridgehead atoms. The van der Waals surface area contributed by atoms with Crippen LogP contribution < -0.4 is 0 Å². The van der Waals surface area contributed by atoms with Crippen LogP contribution in [0.2, 0.25) is 0 Å². The quantitative estimate of drug-likeness (QED) is 0.141. The van der Waals surface area contributed by atoms with Crippen LogP contribution in [0.4, 0.5) is 9.59 Å². The molecule has 17 heteroatoms. The van der Waals surface area contributed by atoms with E-state index < -0.39 is 130 Å². The summed E-state index contributed by atoms with van der Waals surface area (Å²) in [7, 11) is 1.09. The van der Waals surface area contributed by atoms with Crippen LogP contribution in [0.5, 0.6) is 0 Å². The number of aliphatic hydroxyl groups is 5. The molecule has 59 heavy (non-hydrogen) atoms. The highest BCUT2D eigenvalue weighted by atomic mass is 16.8. The first-order chi connectivity index (χ1) is 27.1. The van der Waals surface area contributed by atoms with Gasteiger partial charge in [-0.05, 0) is 64.0 Å². The number of aliphatic hydroxyl groups excluding tert-OH is 4. The van der Waals surface area contributed by atoms with Crippen molar-refractivity contribution in [3.8, 4) is 0 Å². The molecule has 12 atom stereocenters. The molecule has 0 aromatic heterocycles. The summed E-state index contributed by atoms with van der Waals surface area (Å²) in [6, 6.07) is -1.41. The topological polar surface area (TPSA) is 245 Å². The van der Waals surface area contributed by atoms with Gasteiger partial charge in [-0.3, -0.25) is 14.5 Å². The molecule has 3 unspecified atom stereocenters. The molecule has 6 rings (SSSR count). The molecule has 5 fully saturated rings. The maximum Gasteiger partial charge on any atom is 0.508 e. The van der Waals surface area contributed by atoms with Crippen molar-refractivity contribution in [2.45, 2.75) is 179 Å². The zero-order chi connectivity index (χ0) is 44.2. The highest BCUT2D eigenvalue weighted by molar-refractivity contribution is 5.93. The van der Waals surface area contributed by atoms with Gasteiger partial charge in [-0.15, -0.1) is 0 Å². The number of carbonyl (C=O) groups is 5. The highest BCUT2D eigenvalue weighted by Gasteiger charge is 2.79. The van der Waals surface area contributed by atoms with Gasteiger partial charge in [-0.2, -0.15) is 0 Å². The minimum Gasteiger partial charge on any atom is -0.459 e. The molecule has 2 aliphatic heterocycles. The number of fused-ring (bicyclic) bond motifs is 5. The average molecular weight is 838 g/mol. The second-order valence-corrected chi connectivity index (χ2v) is 20.2. The maximum absolute atomic E-state index is 15.1. The average Bonchev–Trinajstić information content (AvgIpc) is 3.34. The van der Waals surface area contributed by atoms with Gasteiger partial charge in [0.1, 0.15) is 29.5 Å². The van der Waals surface area contributed by atoms with Gasteiger partial charge in [0.25, 0.3) is 0 Å². The molecule has 4 aliphatic carbocycles. The number of carbonyl (C=O) groups excluding carboxylic acids is 5. The summed E-state index contributed by atoms with van der Waals surface area (Å²) in [5.74, 6) is -5.03. The van der Waals surface area contributed by atoms with Gasteiger partial charge < -0.3 is 54.0 Å². The van der Waals surface area contributed by atoms with Crippen LogP contribution in [0.25, 0.3) is 0 Å². The highest BCUT2D eigenvalue weighted by Crippen LogP contribution is 2.65. The Bertz CT molecular complexity index is 1780. The summed E-state index contributed by atoms with van der Waals surface area (Å²) in [5, 5.41) is 60.9. The van der Waals surface area contributed by atoms with Gasteiger partial charge in [0.2, 0.25) is 0 Å². The minimum atomic E-state index is -2.38. The fourth-order valence-corrected chi connectivity index (χ4v) is 11.2. The summed E-state index contributed by atoms with van der Waals surface area (Å²) in [6.45, 7) is 15.0. The molecule has 0 aromatic carbocycles. The van der Waals surface area contributed by atoms with E-state index >= 15 is 4.79 Å². The summed E-state index contributed by atoms with van der Waals surface area (Å²) in [6.07, 6.45) is -9.63. The number of methoxy groups -OCH3 is 1. The van der Waals surface area contributed by atoms with Crippen molar-refractivity contribution in [2.75, 3.05) is 13.7 Å². The van der Waals surface area contributed by atoms with Crippen LogP contribution in [0.3, 0.4) is 0 Å². The Balaban J connectivity index is 1.53. The Morgan fingerprint density at radius 3 is 2.07 bits per heavy atom. The summed E-state index contributed by atoms with van der Waals surface area (Å²) < 4.78 is 34.8. The van der Waals surface area contributed by atoms with Gasteiger partial charge >= 0.3 is 24.2 Å². The van der Waals surface area contributed by atoms with E-state index in [4.69, 9.17) is 28.4 Å². The van der Waals surface area contributed by atoms with Crippen LogP contribution >= 0.6 is 0 Å². The molecule has 0 spiro atoms. The first kappa shape index (κ1) is 45.2. The number of esters is 2. The smallest absolute Gasteiger partial charge is 0.459 e. The summed E-state index contributed by atoms with van der Waals surface area (Å²) in [4.78, 5) is 71.0. The fourth-order valence-electron chi connectivity index (χ4n) is 11.2. The summed E-state index contributed by atoms with van der Waals surface area (Å²) in [5.41, 5.74) is -12.3. The lowest BCUT2D eigenvalue weighted by Crippen LogP contribution is -2.82. The normalized spacial score (nSPS) is 40.2. The lowest BCUT2D eigenvalue weighted by molar-refractivity contribution is -0.347. The van der Waals surface area contributed by atoms with E-state index in [1.54, 1.807) is 34.6 Å². The molecular weight excluding hydrogens is 774 g/mol. The van der Waals surface area contributed by atoms with Crippen molar-refractivity contribution in [2.24, 2.45) is 28.1 Å². The van der Waals surface area contributed by atoms with Crippen LogP contribution in [0, 0.1) is 28.1 Å². The molecule has 6 aliphatic rings. The Hall–Kier alpha value is -3.35. The third-order valence-electron chi connectivity index (χ3n) is 14.9. The van der Waals surface area contributed by atoms with Crippen LogP contribution in [-0.2, 0) is 42.8 Å². The first-order valence-corrected chi connectivity index (χ1v) is 20.6. The van der Waals surface area contributed by atoms with E-state index in [0.29, 0.717) is 12.8 Å². The summed E-state index contributed by atoms with van der Waals surface area (Å²) >= 11 is 0. The standard InChI is InChI=1S/C42H63NO16/c1-20-24-25(45)29(47)40(10)22(44)17-23-41(19-55-23,59-35(52)54-11)27(40)30(56-31(48)21-15-13-12-14-16-21)42(53,37(24,5)6)18-39(20,9)57-32(49)26(46)28(36(2,3)4)43-33(50)38(7,8)58-34(43)51/h21-23,25-28,30,33,44-46,50,53H,12-19H2,1-11H3/t22?,23-,25-,26-,27?,28-,30+,33?,39+,40-,41+,42-/m1/s1. The van der Waals surface area contributed by atoms with E-state index in [2.05, 4.69) is 0 Å². The van der Waals surface area contributed by atoms with Crippen molar-refractivity contribution in [1.82, 2.24) is 4.90 Å². The number of ketones is 1. The Labute approximate surface area is 344 Å². The number of Topliss-reactive ketones (excluding diaryl/α,β-unsaturated/α-hetero) is 1. The monoisotopic (exact) mass is 837 g/mol. The third kappa shape index (κ3) is 6.67. The molecular formula is C42H63NO16. The molecule has 0 radical (unpaired) electrons. The molecule has 17 nitrogen and oxygen atoms in total. The SMILES string of the molecule is COC(=O)O[C@@]12CO[C@@H]1CC(O)[C@@]1(C)C(=O)[C@H](O)C3=C(C)[C@@](C)(OC(=O)[C@H](O)[C@@H](N4C(=O)OC(C)(C)C4O)C(C)(C)C)C[C@@](O)([C@@H](OC(=O)C4CCCCC4)C12)C3(C)C. The molecule has 2 heterocycles. The number of ether oxygens (including phenoxy) is 6. The van der Waals surface area contributed by atoms with E-state index in [0.717, 1.165) is 31.3 Å². The van der Waals surface area contributed by atoms with E-state index in [-0.39, 0.29) is 24.2 Å². The Morgan fingerprint density at radius 2 is 1.56 bits per heavy atom. The van der Waals surface area contributed by atoms with Gasteiger partial charge in [-0.25, -0.2) is 14.4 Å². The zero-order valence-electron chi connectivity index (χ0n) is 36.0. The molecule has 0 aromatic rings. The number of nitrogens with zero attached hydrogens (tertiary/aromatic N) is 1. The molecule has 5 N–H and O–H groups in total. The predicted octanol–water partition coefficient (Wildman–Crippen LogP) is 2.83. The van der Waals surface area contributed by atoms with Gasteiger partial charge in [0.15, 0.2) is 29.3 Å². The minimum absolute atomic E-state index is 0.0748. The third-order valence-corrected chi connectivity index (χ3v) is 14.9. The molecule has 2 saturated heterocycles. The number of hydrogen-bond donors (Lipinski definition) is 5. The number of amides is 1. The van der Waals surface area contributed by atoms with Crippen molar-refractivity contribution in [3.05, 3.63) is 11.1 Å². The largest absolute Gasteiger partial charge is 0.508 e. The fraction of sp³-hybridized carbons (Fsp3) is 0.833. The van der Waals surface area contributed by atoms with Gasteiger partial charge in [0.05, 0.1) is 43.1 Å². The van der Waals surface area contributed by atoms with Crippen molar-refractivity contribution < 1.29 is 77.9 Å². The lowest BCUT2D eigenvalue weighted by Gasteiger charge is -2.67. The number of cyclic esters (lactones) is 1. The van der Waals surface area contributed by atoms with Crippen LogP contribution in [-0.4, -0.2) is 139 Å². The van der Waals surface area contributed by atoms with Crippen LogP contribution in [0.15, 0.2) is 11.1 Å². The molecule has 332 valence electrons. The molecule has 1 amide bonds. The Kier molecular flexibility index (Phi) is 11.2. The van der Waals surface area contributed by atoms with Gasteiger partial charge in [-0.1, -0.05) is 53.9 Å². The van der Waals surface area contributed by atoms with Gasteiger partial charge in [0, 0.05) is 18.3 Å². The van der Waals surface area contributed by atoms with Crippen molar-refractivity contribution >= 4 is 30.0 Å². The second-order valence-electron chi connectivity index (χ2n) is 20.2. The lowest BCUT2D eigenvalue weighted by atomic mass is 9.44. The number of rotatable bonds is 7. The number of hydrogen-bond acceptors (Lipinski definition) is 16. The van der Waals surface area contributed by atoms with E-state index in [9.17, 15) is 44.7 Å². The van der Waals surface area contributed by atoms with Crippen LogP contribution in [0.1, 0.15) is 114 Å². The first-order valence-electron chi connectivity index (χ1n) is 20.6. The zero-order valence-corrected chi connectivity index (χ0v) is 36.0. The van der Waals surface area contributed by atoms with Crippen molar-refractivity contribution in [3.63, 3.8) is 0 Å².